The van der Waals surface area contributed by atoms with Crippen LogP contribution in [-0.2, 0) is 26.1 Å². The number of amides is 1. The lowest BCUT2D eigenvalue weighted by Gasteiger charge is -2.54. The molecule has 2 aliphatic heterocycles. The number of rotatable bonds is 5. The van der Waals surface area contributed by atoms with Gasteiger partial charge in [0, 0.05) is 25.7 Å². The first-order valence-corrected chi connectivity index (χ1v) is 10.2. The molecule has 3 heterocycles. The molecule has 3 rings (SSSR count). The Kier molecular flexibility index (Phi) is 5.27. The normalized spacial score (nSPS) is 25.3. The van der Waals surface area contributed by atoms with E-state index in [1.54, 1.807) is 32.5 Å². The van der Waals surface area contributed by atoms with E-state index >= 15 is 0 Å². The van der Waals surface area contributed by atoms with E-state index in [4.69, 9.17) is 15.2 Å². The molecule has 12 heteroatoms. The van der Waals surface area contributed by atoms with Gasteiger partial charge in [-0.05, 0) is 36.8 Å². The maximum atomic E-state index is 12.9. The highest BCUT2D eigenvalue weighted by molar-refractivity contribution is 8.01. The van der Waals surface area contributed by atoms with Gasteiger partial charge in [0.25, 0.3) is 5.91 Å². The van der Waals surface area contributed by atoms with Gasteiger partial charge < -0.3 is 9.47 Å². The van der Waals surface area contributed by atoms with Gasteiger partial charge in [-0.3, -0.25) is 15.4 Å². The van der Waals surface area contributed by atoms with Crippen LogP contribution in [0.15, 0.2) is 16.4 Å². The van der Waals surface area contributed by atoms with Crippen LogP contribution in [0.1, 0.15) is 20.8 Å². The third-order valence-corrected chi connectivity index (χ3v) is 6.52. The van der Waals surface area contributed by atoms with Gasteiger partial charge >= 0.3 is 5.97 Å². The summed E-state index contributed by atoms with van der Waals surface area (Å²) < 4.78 is 12.3. The van der Waals surface area contributed by atoms with Crippen LogP contribution in [0.2, 0.25) is 0 Å². The average Bonchev–Trinajstić information content (AvgIpc) is 3.01. The Morgan fingerprint density at radius 3 is 2.74 bits per heavy atom. The summed E-state index contributed by atoms with van der Waals surface area (Å²) in [5.74, 6) is -0.0441. The van der Waals surface area contributed by atoms with Gasteiger partial charge in [0.2, 0.25) is 10.9 Å². The van der Waals surface area contributed by atoms with Crippen LogP contribution in [0.5, 0.6) is 0 Å². The van der Waals surface area contributed by atoms with Crippen LogP contribution < -0.4 is 5.73 Å². The van der Waals surface area contributed by atoms with Crippen LogP contribution >= 0.6 is 23.5 Å². The van der Waals surface area contributed by atoms with Gasteiger partial charge in [-0.1, -0.05) is 11.8 Å². The van der Waals surface area contributed by atoms with Crippen molar-refractivity contribution >= 4 is 35.4 Å². The topological polar surface area (TPSA) is 125 Å². The maximum Gasteiger partial charge on any atom is 0.355 e. The molecule has 2 atom stereocenters. The van der Waals surface area contributed by atoms with Gasteiger partial charge in [0.15, 0.2) is 0 Å². The molecule has 0 saturated carbocycles. The zero-order valence-electron chi connectivity index (χ0n) is 15.8. The molecule has 1 aromatic rings. The van der Waals surface area contributed by atoms with Gasteiger partial charge in [-0.25, -0.2) is 9.48 Å². The van der Waals surface area contributed by atoms with E-state index in [0.717, 1.165) is 5.57 Å². The number of ether oxygens (including phenoxy) is 2. The van der Waals surface area contributed by atoms with Crippen LogP contribution in [-0.4, -0.2) is 72.3 Å². The number of nitrogens with zero attached hydrogens (tertiary/aromatic N) is 5. The van der Waals surface area contributed by atoms with E-state index in [1.807, 2.05) is 0 Å². The molecule has 0 aliphatic carbocycles. The standard InChI is InChI=1S/C15H22N6O4S2/c1-14(2,3)25-10(22)9-8(7-27-13-17-18-19-20(13)4)6-26-12-15(16,24-5)11(23)21(9)12/h12H,6-7,16H2,1-5H3/t12-,15+/m1/s1. The molecule has 10 nitrogen and oxygen atoms in total. The number of thioether (sulfide) groups is 2. The molecule has 1 fully saturated rings. The number of tetrazole rings is 1. The molecule has 148 valence electrons. The van der Waals surface area contributed by atoms with E-state index in [0.29, 0.717) is 16.7 Å². The third kappa shape index (κ3) is 3.58. The Balaban J connectivity index is 1.91. The van der Waals surface area contributed by atoms with Crippen molar-refractivity contribution in [3.63, 3.8) is 0 Å². The van der Waals surface area contributed by atoms with Crippen LogP contribution in [0, 0.1) is 0 Å². The van der Waals surface area contributed by atoms with Crippen LogP contribution in [0.3, 0.4) is 0 Å². The second kappa shape index (κ2) is 7.08. The number of carbonyl (C=O) groups excluding carboxylic acids is 2. The third-order valence-electron chi connectivity index (χ3n) is 4.03. The molecule has 0 unspecified atom stereocenters. The number of carbonyl (C=O) groups is 2. The predicted octanol–water partition coefficient (Wildman–Crippen LogP) is 0.115. The molecule has 0 radical (unpaired) electrons. The molecule has 2 aliphatic rings. The Morgan fingerprint density at radius 1 is 1.48 bits per heavy atom. The second-order valence-electron chi connectivity index (χ2n) is 7.16. The number of nitrogens with two attached hydrogens (primary N) is 1. The first-order chi connectivity index (χ1) is 12.6. The summed E-state index contributed by atoms with van der Waals surface area (Å²) in [6.07, 6.45) is 0. The van der Waals surface area contributed by atoms with Crippen molar-refractivity contribution in [2.75, 3.05) is 18.6 Å². The van der Waals surface area contributed by atoms with E-state index < -0.39 is 28.6 Å². The highest BCUT2D eigenvalue weighted by Crippen LogP contribution is 2.46. The fourth-order valence-electron chi connectivity index (χ4n) is 2.72. The number of fused-ring (bicyclic) bond motifs is 1. The van der Waals surface area contributed by atoms with Crippen molar-refractivity contribution in [3.05, 3.63) is 11.3 Å². The summed E-state index contributed by atoms with van der Waals surface area (Å²) >= 11 is 2.84. The van der Waals surface area contributed by atoms with E-state index in [-0.39, 0.29) is 5.70 Å². The minimum absolute atomic E-state index is 0.236. The lowest BCUT2D eigenvalue weighted by atomic mass is 9.99. The smallest absolute Gasteiger partial charge is 0.355 e. The first kappa shape index (κ1) is 20.1. The van der Waals surface area contributed by atoms with Crippen molar-refractivity contribution in [1.29, 1.82) is 0 Å². The van der Waals surface area contributed by atoms with Crippen LogP contribution in [0.4, 0.5) is 0 Å². The molecular weight excluding hydrogens is 392 g/mol. The van der Waals surface area contributed by atoms with Crippen molar-refractivity contribution in [3.8, 4) is 0 Å². The fraction of sp³-hybridized carbons (Fsp3) is 0.667. The lowest BCUT2D eigenvalue weighted by molar-refractivity contribution is -0.184. The van der Waals surface area contributed by atoms with Gasteiger partial charge in [0.1, 0.15) is 16.7 Å². The number of esters is 1. The summed E-state index contributed by atoms with van der Waals surface area (Å²) in [6, 6.07) is 0. The maximum absolute atomic E-state index is 12.9. The van der Waals surface area contributed by atoms with E-state index in [9.17, 15) is 9.59 Å². The van der Waals surface area contributed by atoms with E-state index in [2.05, 4.69) is 15.5 Å². The average molecular weight is 415 g/mol. The molecule has 0 spiro atoms. The van der Waals surface area contributed by atoms with Crippen molar-refractivity contribution in [2.24, 2.45) is 12.8 Å². The van der Waals surface area contributed by atoms with Crippen molar-refractivity contribution in [1.82, 2.24) is 25.1 Å². The Bertz CT molecular complexity index is 804. The molecule has 0 bridgehead atoms. The van der Waals surface area contributed by atoms with E-state index in [1.165, 1.54) is 35.5 Å². The molecule has 2 N–H and O–H groups in total. The van der Waals surface area contributed by atoms with Gasteiger partial charge in [0.05, 0.1) is 0 Å². The molecule has 27 heavy (non-hydrogen) atoms. The summed E-state index contributed by atoms with van der Waals surface area (Å²) in [5, 5.41) is 11.5. The number of hydrogen-bond donors (Lipinski definition) is 1. The van der Waals surface area contributed by atoms with Gasteiger partial charge in [-0.15, -0.1) is 16.9 Å². The Labute approximate surface area is 165 Å². The number of hydrogen-bond acceptors (Lipinski definition) is 10. The minimum Gasteiger partial charge on any atom is -0.455 e. The largest absolute Gasteiger partial charge is 0.455 e. The number of methoxy groups -OCH3 is 1. The van der Waals surface area contributed by atoms with Crippen molar-refractivity contribution < 1.29 is 19.1 Å². The SMILES string of the molecule is CO[C@@]1(N)C(=O)N2C(C(=O)OC(C)(C)C)=C(CSc3nnnn3C)CS[C@@H]21. The highest BCUT2D eigenvalue weighted by atomic mass is 32.2. The summed E-state index contributed by atoms with van der Waals surface area (Å²) in [6.45, 7) is 5.33. The minimum atomic E-state index is -1.43. The number of aryl methyl sites for hydroxylation is 1. The molecule has 1 aromatic heterocycles. The molecular formula is C15H22N6O4S2. The zero-order valence-corrected chi connectivity index (χ0v) is 17.4. The highest BCUT2D eigenvalue weighted by Gasteiger charge is 2.63. The van der Waals surface area contributed by atoms with Gasteiger partial charge in [-0.2, -0.15) is 0 Å². The summed E-state index contributed by atoms with van der Waals surface area (Å²) in [5.41, 5.74) is 4.95. The second-order valence-corrected chi connectivity index (χ2v) is 9.17. The molecule has 1 amide bonds. The Hall–Kier alpha value is -1.63. The molecule has 1 saturated heterocycles. The quantitative estimate of drug-likeness (QED) is 0.307. The van der Waals surface area contributed by atoms with Crippen LogP contribution in [0.25, 0.3) is 0 Å². The van der Waals surface area contributed by atoms with Crippen molar-refractivity contribution in [2.45, 2.75) is 42.6 Å². The first-order valence-electron chi connectivity index (χ1n) is 8.18. The summed E-state index contributed by atoms with van der Waals surface area (Å²) in [7, 11) is 3.12. The summed E-state index contributed by atoms with van der Waals surface area (Å²) in [4.78, 5) is 26.9. The fourth-order valence-corrected chi connectivity index (χ4v) is 5.11. The number of β-lactam (4-membered cyclic amide) rings is 1. The Morgan fingerprint density at radius 2 is 2.19 bits per heavy atom. The predicted molar refractivity (Wildman–Crippen MR) is 99.4 cm³/mol. The monoisotopic (exact) mass is 414 g/mol. The molecule has 0 aromatic carbocycles. The lowest BCUT2D eigenvalue weighted by Crippen LogP contribution is -2.78. The number of aromatic nitrogens is 4. The zero-order chi connectivity index (χ0) is 20.0.